The Hall–Kier alpha value is -3.62. The summed E-state index contributed by atoms with van der Waals surface area (Å²) in [7, 11) is 2.80. The number of amides is 1. The molecule has 29 heavy (non-hydrogen) atoms. The Kier molecular flexibility index (Phi) is 4.57. The van der Waals surface area contributed by atoms with Gasteiger partial charge in [0.2, 0.25) is 0 Å². The second-order valence-corrected chi connectivity index (χ2v) is 6.84. The van der Waals surface area contributed by atoms with Gasteiger partial charge in [0.1, 0.15) is 0 Å². The minimum atomic E-state index is -1.15. The number of aryl methyl sites for hydroxylation is 1. The summed E-state index contributed by atoms with van der Waals surface area (Å²) in [5, 5.41) is 16.5. The zero-order valence-corrected chi connectivity index (χ0v) is 16.1. The normalized spacial score (nSPS) is 13.3. The Bertz CT molecular complexity index is 1130. The maximum Gasteiger partial charge on any atom is 0.335 e. The number of anilines is 1. The number of carbonyl (C=O) groups is 2. The molecule has 2 heterocycles. The fourth-order valence-electron chi connectivity index (χ4n) is 3.25. The minimum Gasteiger partial charge on any atom is -0.493 e. The van der Waals surface area contributed by atoms with E-state index in [9.17, 15) is 14.7 Å². The van der Waals surface area contributed by atoms with Crippen molar-refractivity contribution in [3.8, 4) is 11.5 Å². The van der Waals surface area contributed by atoms with Crippen molar-refractivity contribution in [3.63, 3.8) is 0 Å². The fourth-order valence-corrected chi connectivity index (χ4v) is 3.25. The van der Waals surface area contributed by atoms with Gasteiger partial charge < -0.3 is 24.4 Å². The van der Waals surface area contributed by atoms with E-state index < -0.39 is 11.9 Å². The molecule has 0 unspecified atom stereocenters. The molecule has 0 saturated heterocycles. The maximum absolute atomic E-state index is 13.2. The number of nitrogens with zero attached hydrogens (tertiary/aromatic N) is 2. The van der Waals surface area contributed by atoms with Crippen molar-refractivity contribution in [2.24, 2.45) is 0 Å². The lowest BCUT2D eigenvalue weighted by molar-refractivity contribution is 0.0696. The van der Waals surface area contributed by atoms with Crippen LogP contribution in [0.2, 0.25) is 0 Å². The predicted octanol–water partition coefficient (Wildman–Crippen LogP) is 3.38. The van der Waals surface area contributed by atoms with Gasteiger partial charge in [-0.3, -0.25) is 4.79 Å². The third-order valence-electron chi connectivity index (χ3n) is 4.85. The molecule has 3 aromatic rings. The summed E-state index contributed by atoms with van der Waals surface area (Å²) in [5.74, 6) is -0.878. The van der Waals surface area contributed by atoms with Crippen LogP contribution in [0.5, 0.6) is 11.5 Å². The molecule has 1 amide bonds. The van der Waals surface area contributed by atoms with Gasteiger partial charge in [0, 0.05) is 11.6 Å². The van der Waals surface area contributed by atoms with Gasteiger partial charge in [-0.15, -0.1) is 0 Å². The Morgan fingerprint density at radius 3 is 2.59 bits per heavy atom. The molecule has 1 saturated carbocycles. The van der Waals surface area contributed by atoms with E-state index >= 15 is 0 Å². The van der Waals surface area contributed by atoms with E-state index in [-0.39, 0.29) is 22.7 Å². The first-order valence-electron chi connectivity index (χ1n) is 9.00. The lowest BCUT2D eigenvalue weighted by Crippen LogP contribution is -2.15. The standard InChI is InChI=1S/C20H19N3O6/c1-9-16-12(8-13(10-4-5-10)22-19(16)29-23-9)18(24)21-14-6-11(20(25)26)7-15(27-2)17(14)28-3/h6-8,10H,4-5H2,1-3H3,(H,21,24)(H,25,26). The van der Waals surface area contributed by atoms with E-state index in [1.807, 2.05) is 0 Å². The van der Waals surface area contributed by atoms with Crippen LogP contribution in [0.25, 0.3) is 11.1 Å². The van der Waals surface area contributed by atoms with Crippen LogP contribution in [-0.4, -0.2) is 41.3 Å². The van der Waals surface area contributed by atoms with Gasteiger partial charge in [-0.1, -0.05) is 5.16 Å². The van der Waals surface area contributed by atoms with Gasteiger partial charge in [0.05, 0.1) is 42.1 Å². The molecule has 2 N–H and O–H groups in total. The zero-order chi connectivity index (χ0) is 20.7. The van der Waals surface area contributed by atoms with Gasteiger partial charge in [0.25, 0.3) is 11.6 Å². The zero-order valence-electron chi connectivity index (χ0n) is 16.1. The minimum absolute atomic E-state index is 0.0438. The maximum atomic E-state index is 13.2. The van der Waals surface area contributed by atoms with Crippen molar-refractivity contribution in [2.45, 2.75) is 25.7 Å². The van der Waals surface area contributed by atoms with Crippen LogP contribution in [0.1, 0.15) is 50.9 Å². The highest BCUT2D eigenvalue weighted by molar-refractivity contribution is 6.13. The van der Waals surface area contributed by atoms with Gasteiger partial charge in [-0.25, -0.2) is 9.78 Å². The number of aromatic nitrogens is 2. The summed E-state index contributed by atoms with van der Waals surface area (Å²) in [6.45, 7) is 1.73. The van der Waals surface area contributed by atoms with Crippen molar-refractivity contribution in [1.82, 2.24) is 10.1 Å². The number of carboxylic acid groups (broad SMARTS) is 1. The Morgan fingerprint density at radius 1 is 1.21 bits per heavy atom. The number of hydrogen-bond donors (Lipinski definition) is 2. The van der Waals surface area contributed by atoms with Crippen molar-refractivity contribution in [1.29, 1.82) is 0 Å². The van der Waals surface area contributed by atoms with Crippen molar-refractivity contribution < 1.29 is 28.7 Å². The first kappa shape index (κ1) is 18.7. The first-order chi connectivity index (χ1) is 13.9. The fraction of sp³-hybridized carbons (Fsp3) is 0.300. The summed E-state index contributed by atoms with van der Waals surface area (Å²) in [4.78, 5) is 29.1. The molecule has 4 rings (SSSR count). The average Bonchev–Trinajstić information content (AvgIpc) is 3.50. The number of carboxylic acids is 1. The summed E-state index contributed by atoms with van der Waals surface area (Å²) in [6, 6.07) is 4.39. The molecule has 0 radical (unpaired) electrons. The first-order valence-corrected chi connectivity index (χ1v) is 9.00. The summed E-state index contributed by atoms with van der Waals surface area (Å²) < 4.78 is 15.8. The number of carbonyl (C=O) groups excluding carboxylic acids is 1. The number of rotatable bonds is 6. The van der Waals surface area contributed by atoms with Gasteiger partial charge in [-0.05, 0) is 38.0 Å². The van der Waals surface area contributed by atoms with Crippen LogP contribution >= 0.6 is 0 Å². The molecule has 0 aliphatic heterocycles. The lowest BCUT2D eigenvalue weighted by Gasteiger charge is -2.15. The molecule has 9 nitrogen and oxygen atoms in total. The molecule has 150 valence electrons. The molecule has 0 spiro atoms. The Morgan fingerprint density at radius 2 is 1.97 bits per heavy atom. The molecule has 0 bridgehead atoms. The Balaban J connectivity index is 1.80. The van der Waals surface area contributed by atoms with Gasteiger partial charge >= 0.3 is 5.97 Å². The third kappa shape index (κ3) is 3.35. The molecule has 1 aliphatic rings. The van der Waals surface area contributed by atoms with E-state index in [1.165, 1.54) is 26.4 Å². The van der Waals surface area contributed by atoms with E-state index in [0.29, 0.717) is 28.3 Å². The molecule has 2 aromatic heterocycles. The molecule has 1 aromatic carbocycles. The third-order valence-corrected chi connectivity index (χ3v) is 4.85. The smallest absolute Gasteiger partial charge is 0.335 e. The number of nitrogens with one attached hydrogen (secondary N) is 1. The molecule has 1 aliphatic carbocycles. The summed E-state index contributed by atoms with van der Waals surface area (Å²) >= 11 is 0. The van der Waals surface area contributed by atoms with Crippen LogP contribution in [0.15, 0.2) is 22.7 Å². The second-order valence-electron chi connectivity index (χ2n) is 6.84. The van der Waals surface area contributed by atoms with E-state index in [0.717, 1.165) is 18.5 Å². The summed E-state index contributed by atoms with van der Waals surface area (Å²) in [6.07, 6.45) is 2.02. The highest BCUT2D eigenvalue weighted by atomic mass is 16.5. The number of methoxy groups -OCH3 is 2. The summed E-state index contributed by atoms with van der Waals surface area (Å²) in [5.41, 5.74) is 2.13. The highest BCUT2D eigenvalue weighted by Crippen LogP contribution is 2.41. The lowest BCUT2D eigenvalue weighted by atomic mass is 10.1. The van der Waals surface area contributed by atoms with Gasteiger partial charge in [-0.2, -0.15) is 0 Å². The number of ether oxygens (including phenoxy) is 2. The predicted molar refractivity (Wildman–Crippen MR) is 103 cm³/mol. The number of hydrogen-bond acceptors (Lipinski definition) is 7. The molecule has 0 atom stereocenters. The van der Waals surface area contributed by atoms with E-state index in [4.69, 9.17) is 14.0 Å². The molecule has 9 heteroatoms. The molecule has 1 fully saturated rings. The van der Waals surface area contributed by atoms with Crippen LogP contribution in [0, 0.1) is 6.92 Å². The second kappa shape index (κ2) is 7.08. The number of fused-ring (bicyclic) bond motifs is 1. The van der Waals surface area contributed by atoms with Crippen LogP contribution < -0.4 is 14.8 Å². The average molecular weight is 397 g/mol. The number of aromatic carboxylic acids is 1. The monoisotopic (exact) mass is 397 g/mol. The Labute approximate surface area is 165 Å². The van der Waals surface area contributed by atoms with Crippen LogP contribution in [0.3, 0.4) is 0 Å². The van der Waals surface area contributed by atoms with Gasteiger partial charge in [0.15, 0.2) is 11.5 Å². The van der Waals surface area contributed by atoms with Crippen LogP contribution in [-0.2, 0) is 0 Å². The van der Waals surface area contributed by atoms with Crippen molar-refractivity contribution in [3.05, 3.63) is 40.7 Å². The molecular weight excluding hydrogens is 378 g/mol. The largest absolute Gasteiger partial charge is 0.493 e. The van der Waals surface area contributed by atoms with Crippen molar-refractivity contribution >= 4 is 28.7 Å². The van der Waals surface area contributed by atoms with Crippen LogP contribution in [0.4, 0.5) is 5.69 Å². The van der Waals surface area contributed by atoms with E-state index in [1.54, 1.807) is 13.0 Å². The highest BCUT2D eigenvalue weighted by Gasteiger charge is 2.29. The van der Waals surface area contributed by atoms with E-state index in [2.05, 4.69) is 15.5 Å². The number of pyridine rings is 1. The van der Waals surface area contributed by atoms with Crippen molar-refractivity contribution in [2.75, 3.05) is 19.5 Å². The topological polar surface area (TPSA) is 124 Å². The quantitative estimate of drug-likeness (QED) is 0.649. The number of benzene rings is 1. The SMILES string of the molecule is COc1cc(C(=O)O)cc(NC(=O)c2cc(C3CC3)nc3onc(C)c23)c1OC. The molecular formula is C20H19N3O6.